The summed E-state index contributed by atoms with van der Waals surface area (Å²) in [4.78, 5) is 9.23. The van der Waals surface area contributed by atoms with E-state index in [0.29, 0.717) is 17.6 Å². The highest BCUT2D eigenvalue weighted by Crippen LogP contribution is 2.32. The first-order valence-electron chi connectivity index (χ1n) is 10.6. The maximum Gasteiger partial charge on any atom is 0.339 e. The van der Waals surface area contributed by atoms with E-state index in [2.05, 4.69) is 11.9 Å². The average molecular weight is 455 g/mol. The van der Waals surface area contributed by atoms with E-state index in [1.165, 1.54) is 12.1 Å². The lowest BCUT2D eigenvalue weighted by Gasteiger charge is -2.13. The second-order valence-corrected chi connectivity index (χ2v) is 9.36. The molecule has 0 aliphatic heterocycles. The molecule has 9 heteroatoms. The third-order valence-corrected chi connectivity index (χ3v) is 6.45. The van der Waals surface area contributed by atoms with Gasteiger partial charge < -0.3 is 19.6 Å². The number of nitrogens with two attached hydrogens (primary N) is 1. The first-order chi connectivity index (χ1) is 15.3. The number of benzene rings is 2. The summed E-state index contributed by atoms with van der Waals surface area (Å²) < 4.78 is 32.5. The number of fused-ring (bicyclic) bond motifs is 3. The van der Waals surface area contributed by atoms with Crippen LogP contribution in [0.1, 0.15) is 32.5 Å². The van der Waals surface area contributed by atoms with Crippen LogP contribution in [-0.4, -0.2) is 34.2 Å². The molecule has 3 N–H and O–H groups in total. The molecule has 168 valence electrons. The minimum absolute atomic E-state index is 0.0681. The molecule has 32 heavy (non-hydrogen) atoms. The molecule has 2 aromatic heterocycles. The van der Waals surface area contributed by atoms with Gasteiger partial charge in [0.05, 0.1) is 23.7 Å². The van der Waals surface area contributed by atoms with Gasteiger partial charge in [0.25, 0.3) is 0 Å². The van der Waals surface area contributed by atoms with Gasteiger partial charge in [-0.05, 0) is 37.6 Å². The van der Waals surface area contributed by atoms with E-state index in [1.807, 2.05) is 4.57 Å². The molecular weight excluding hydrogens is 428 g/mol. The number of nitrogen functional groups attached to an aromatic ring is 1. The van der Waals surface area contributed by atoms with Crippen LogP contribution < -0.4 is 9.92 Å². The quantitative estimate of drug-likeness (QED) is 0.390. The van der Waals surface area contributed by atoms with Gasteiger partial charge in [0.2, 0.25) is 0 Å². The van der Waals surface area contributed by atoms with Crippen molar-refractivity contribution >= 4 is 37.9 Å². The maximum atomic E-state index is 12.6. The number of nitrogens with zero attached hydrogens (tertiary/aromatic N) is 3. The Bertz CT molecular complexity index is 1370. The fourth-order valence-electron chi connectivity index (χ4n) is 3.74. The van der Waals surface area contributed by atoms with Gasteiger partial charge in [-0.2, -0.15) is 8.42 Å². The molecule has 8 nitrogen and oxygen atoms in total. The molecule has 0 aliphatic carbocycles. The number of hydrogen-bond donors (Lipinski definition) is 2. The predicted octanol–water partition coefficient (Wildman–Crippen LogP) is 3.66. The highest BCUT2D eigenvalue weighted by Gasteiger charge is 2.20. The van der Waals surface area contributed by atoms with Crippen LogP contribution in [0.3, 0.4) is 0 Å². The Morgan fingerprint density at radius 3 is 2.59 bits per heavy atom. The van der Waals surface area contributed by atoms with E-state index >= 15 is 0 Å². The van der Waals surface area contributed by atoms with Crippen LogP contribution in [0.4, 0.5) is 5.82 Å². The third kappa shape index (κ3) is 4.26. The summed E-state index contributed by atoms with van der Waals surface area (Å²) >= 11 is 0. The summed E-state index contributed by atoms with van der Waals surface area (Å²) in [6.45, 7) is 4.20. The first kappa shape index (κ1) is 22.0. The highest BCUT2D eigenvalue weighted by molar-refractivity contribution is 7.87. The van der Waals surface area contributed by atoms with Crippen LogP contribution in [0, 0.1) is 0 Å². The number of hydrogen-bond acceptors (Lipinski definition) is 7. The predicted molar refractivity (Wildman–Crippen MR) is 124 cm³/mol. The average Bonchev–Trinajstić information content (AvgIpc) is 3.11. The van der Waals surface area contributed by atoms with E-state index in [0.717, 1.165) is 36.0 Å². The lowest BCUT2D eigenvalue weighted by molar-refractivity contribution is 0.174. The van der Waals surface area contributed by atoms with Gasteiger partial charge in [-0.3, -0.25) is 0 Å². The minimum atomic E-state index is -3.97. The fourth-order valence-corrected chi connectivity index (χ4v) is 4.68. The summed E-state index contributed by atoms with van der Waals surface area (Å²) in [5.41, 5.74) is 8.07. The van der Waals surface area contributed by atoms with Gasteiger partial charge in [-0.25, -0.2) is 9.97 Å². The largest absolute Gasteiger partial charge is 0.392 e. The molecule has 0 amide bonds. The molecule has 0 saturated heterocycles. The number of aliphatic hydroxyl groups is 1. The van der Waals surface area contributed by atoms with Crippen LogP contribution in [0.15, 0.2) is 53.4 Å². The van der Waals surface area contributed by atoms with Crippen molar-refractivity contribution in [1.29, 1.82) is 0 Å². The van der Waals surface area contributed by atoms with E-state index in [4.69, 9.17) is 14.9 Å². The number of pyridine rings is 1. The molecule has 0 radical (unpaired) electrons. The Morgan fingerprint density at radius 1 is 1.16 bits per heavy atom. The van der Waals surface area contributed by atoms with Crippen molar-refractivity contribution in [3.8, 4) is 5.75 Å². The van der Waals surface area contributed by atoms with Crippen molar-refractivity contribution in [2.45, 2.75) is 50.7 Å². The molecule has 0 fully saturated rings. The Hall–Kier alpha value is -3.17. The number of anilines is 1. The van der Waals surface area contributed by atoms with Crippen LogP contribution in [0.2, 0.25) is 0 Å². The lowest BCUT2D eigenvalue weighted by atomic mass is 10.1. The molecule has 0 saturated carbocycles. The third-order valence-electron chi connectivity index (χ3n) is 5.19. The van der Waals surface area contributed by atoms with E-state index in [9.17, 15) is 13.5 Å². The fraction of sp³-hybridized carbons (Fsp3) is 0.304. The summed E-state index contributed by atoms with van der Waals surface area (Å²) in [6, 6.07) is 12.8. The zero-order valence-electron chi connectivity index (χ0n) is 18.0. The molecule has 2 heterocycles. The highest BCUT2D eigenvalue weighted by atomic mass is 32.2. The maximum absolute atomic E-state index is 12.6. The minimum Gasteiger partial charge on any atom is -0.392 e. The Kier molecular flexibility index (Phi) is 6.03. The van der Waals surface area contributed by atoms with Crippen molar-refractivity contribution in [2.75, 3.05) is 5.73 Å². The van der Waals surface area contributed by atoms with Gasteiger partial charge >= 0.3 is 10.1 Å². The molecule has 1 unspecified atom stereocenters. The summed E-state index contributed by atoms with van der Waals surface area (Å²) in [7, 11) is -3.97. The van der Waals surface area contributed by atoms with Gasteiger partial charge in [0.15, 0.2) is 5.82 Å². The molecule has 0 spiro atoms. The first-order valence-corrected chi connectivity index (χ1v) is 12.0. The van der Waals surface area contributed by atoms with Crippen LogP contribution in [0.25, 0.3) is 21.9 Å². The number of unbranched alkanes of at least 4 members (excludes halogenated alkanes) is 1. The molecule has 0 aliphatic rings. The zero-order chi connectivity index (χ0) is 22.9. The van der Waals surface area contributed by atoms with E-state index in [1.54, 1.807) is 43.3 Å². The van der Waals surface area contributed by atoms with Crippen molar-refractivity contribution in [1.82, 2.24) is 14.5 Å². The second kappa shape index (κ2) is 8.76. The smallest absolute Gasteiger partial charge is 0.339 e. The molecule has 4 rings (SSSR count). The van der Waals surface area contributed by atoms with Crippen molar-refractivity contribution < 1.29 is 17.7 Å². The van der Waals surface area contributed by atoms with Crippen molar-refractivity contribution in [3.05, 3.63) is 54.4 Å². The number of aryl methyl sites for hydroxylation is 1. The molecule has 1 atom stereocenters. The SMILES string of the molecule is CCCCc1nc2c(N)nc3cc(OS(=O)(=O)c4ccccc4)ccc3c2n1CC(C)O. The number of imidazole rings is 1. The Labute approximate surface area is 186 Å². The Balaban J connectivity index is 1.83. The number of rotatable bonds is 8. The van der Waals surface area contributed by atoms with Crippen LogP contribution >= 0.6 is 0 Å². The van der Waals surface area contributed by atoms with E-state index < -0.39 is 16.2 Å². The van der Waals surface area contributed by atoms with Crippen molar-refractivity contribution in [3.63, 3.8) is 0 Å². The molecule has 0 bridgehead atoms. The number of aromatic nitrogens is 3. The molecule has 2 aromatic carbocycles. The van der Waals surface area contributed by atoms with Gasteiger partial charge in [-0.1, -0.05) is 31.5 Å². The summed E-state index contributed by atoms with van der Waals surface area (Å²) in [5, 5.41) is 10.8. The van der Waals surface area contributed by atoms with E-state index in [-0.39, 0.29) is 16.5 Å². The summed E-state index contributed by atoms with van der Waals surface area (Å²) in [6.07, 6.45) is 2.16. The normalized spacial score (nSPS) is 13.0. The standard InChI is InChI=1S/C23H26N4O4S/c1-3-4-10-20-26-21-22(27(20)14-15(2)28)18-12-11-16(13-19(18)25-23(21)24)31-32(29,30)17-8-6-5-7-9-17/h5-9,11-13,15,28H,3-4,10,14H2,1-2H3,(H2,24,25). The van der Waals surface area contributed by atoms with Crippen LogP contribution in [-0.2, 0) is 23.1 Å². The number of aliphatic hydroxyl groups excluding tert-OH is 1. The zero-order valence-corrected chi connectivity index (χ0v) is 18.8. The van der Waals surface area contributed by atoms with Crippen molar-refractivity contribution in [2.24, 2.45) is 0 Å². The Morgan fingerprint density at radius 2 is 1.91 bits per heavy atom. The lowest BCUT2D eigenvalue weighted by Crippen LogP contribution is -2.14. The topological polar surface area (TPSA) is 120 Å². The second-order valence-electron chi connectivity index (χ2n) is 7.81. The molecular formula is C23H26N4O4S. The monoisotopic (exact) mass is 454 g/mol. The summed E-state index contributed by atoms with van der Waals surface area (Å²) in [5.74, 6) is 1.23. The van der Waals surface area contributed by atoms with Gasteiger partial charge in [0.1, 0.15) is 22.0 Å². The van der Waals surface area contributed by atoms with Gasteiger partial charge in [0, 0.05) is 17.9 Å². The van der Waals surface area contributed by atoms with Crippen LogP contribution in [0.5, 0.6) is 5.75 Å². The van der Waals surface area contributed by atoms with Gasteiger partial charge in [-0.15, -0.1) is 0 Å². The molecule has 4 aromatic rings.